The molecule has 9 nitrogen and oxygen atoms in total. The van der Waals surface area contributed by atoms with Gasteiger partial charge in [0.15, 0.2) is 11.9 Å². The third-order valence-electron chi connectivity index (χ3n) is 7.91. The molecule has 1 aromatic carbocycles. The average molecular weight is 535 g/mol. The Bertz CT molecular complexity index is 1270. The van der Waals surface area contributed by atoms with Crippen molar-refractivity contribution in [1.82, 2.24) is 25.1 Å². The largest absolute Gasteiger partial charge is 0.444 e. The van der Waals surface area contributed by atoms with E-state index in [0.717, 1.165) is 74.5 Å². The normalized spacial score (nSPS) is 20.5. The Kier molecular flexibility index (Phi) is 7.80. The van der Waals surface area contributed by atoms with E-state index >= 15 is 0 Å². The van der Waals surface area contributed by atoms with Crippen LogP contribution in [0, 0.1) is 5.41 Å². The van der Waals surface area contributed by atoms with Gasteiger partial charge in [-0.2, -0.15) is 5.10 Å². The van der Waals surface area contributed by atoms with Crippen LogP contribution < -0.4 is 10.2 Å². The minimum absolute atomic E-state index is 0.000922. The summed E-state index contributed by atoms with van der Waals surface area (Å²) >= 11 is 0. The van der Waals surface area contributed by atoms with Crippen molar-refractivity contribution in [2.24, 2.45) is 5.41 Å². The topological polar surface area (TPSA) is 94.4 Å². The summed E-state index contributed by atoms with van der Waals surface area (Å²) in [4.78, 5) is 24.5. The third-order valence-corrected chi connectivity index (χ3v) is 7.91. The van der Waals surface area contributed by atoms with E-state index in [9.17, 15) is 4.79 Å². The van der Waals surface area contributed by atoms with Crippen molar-refractivity contribution in [1.29, 1.82) is 0 Å². The molecule has 3 aromatic rings. The number of nitrogens with zero attached hydrogens (tertiary/aromatic N) is 5. The van der Waals surface area contributed by atoms with Crippen molar-refractivity contribution >= 4 is 23.1 Å². The zero-order valence-electron chi connectivity index (χ0n) is 23.9. The number of alkyl carbamates (subject to hydrolysis) is 1. The first-order chi connectivity index (χ1) is 18.6. The summed E-state index contributed by atoms with van der Waals surface area (Å²) < 4.78 is 13.5. The van der Waals surface area contributed by atoms with Gasteiger partial charge in [-0.1, -0.05) is 44.2 Å². The van der Waals surface area contributed by atoms with Crippen LogP contribution >= 0.6 is 0 Å². The number of benzene rings is 1. The molecule has 2 unspecified atom stereocenters. The van der Waals surface area contributed by atoms with Crippen molar-refractivity contribution in [3.8, 4) is 0 Å². The predicted octanol–water partition coefficient (Wildman–Crippen LogP) is 5.81. The maximum absolute atomic E-state index is 12.2. The van der Waals surface area contributed by atoms with Crippen LogP contribution in [-0.4, -0.2) is 57.7 Å². The van der Waals surface area contributed by atoms with Gasteiger partial charge in [-0.3, -0.25) is 0 Å². The van der Waals surface area contributed by atoms with Gasteiger partial charge in [0.2, 0.25) is 0 Å². The van der Waals surface area contributed by atoms with Crippen LogP contribution in [0.15, 0.2) is 36.5 Å². The van der Waals surface area contributed by atoms with Crippen molar-refractivity contribution in [3.05, 3.63) is 47.8 Å². The summed E-state index contributed by atoms with van der Waals surface area (Å²) in [6, 6.07) is 10.4. The van der Waals surface area contributed by atoms with E-state index < -0.39 is 5.60 Å². The molecule has 2 atom stereocenters. The molecule has 0 radical (unpaired) electrons. The van der Waals surface area contributed by atoms with E-state index in [4.69, 9.17) is 24.5 Å². The molecule has 0 bridgehead atoms. The number of piperidine rings is 1. The smallest absolute Gasteiger partial charge is 0.407 e. The Hall–Kier alpha value is -3.20. The van der Waals surface area contributed by atoms with Crippen molar-refractivity contribution in [3.63, 3.8) is 0 Å². The number of rotatable bonds is 6. The average Bonchev–Trinajstić information content (AvgIpc) is 3.31. The minimum atomic E-state index is -0.500. The minimum Gasteiger partial charge on any atom is -0.444 e. The number of hydrogen-bond donors (Lipinski definition) is 1. The SMILES string of the molecule is CC(c1ccccc1)c1nn(C2CCCCO2)c2nc(N3CCC(C)(CNC(=O)OC(C)(C)C)CC3)cnc12. The number of carbonyl (C=O) groups is 1. The standard InChI is InChI=1S/C30H42N6O3/c1-21(22-11-7-6-8-12-22)25-26-27(36(34-25)24-13-9-10-18-38-24)33-23(19-31-26)35-16-14-30(5,15-17-35)20-32-28(37)39-29(2,3)4/h6-8,11-12,19,21,24H,9-10,13-18,20H2,1-5H3,(H,32,37). The highest BCUT2D eigenvalue weighted by Crippen LogP contribution is 2.35. The van der Waals surface area contributed by atoms with E-state index in [1.165, 1.54) is 5.56 Å². The number of amides is 1. The number of fused-ring (bicyclic) bond motifs is 1. The quantitative estimate of drug-likeness (QED) is 0.427. The number of anilines is 1. The number of carbonyl (C=O) groups excluding carboxylic acids is 1. The summed E-state index contributed by atoms with van der Waals surface area (Å²) in [5.41, 5.74) is 3.27. The zero-order chi connectivity index (χ0) is 27.6. The molecule has 0 saturated carbocycles. The Labute approximate surface area is 231 Å². The molecule has 2 aromatic heterocycles. The summed E-state index contributed by atoms with van der Waals surface area (Å²) in [6.07, 6.45) is 6.40. The molecule has 39 heavy (non-hydrogen) atoms. The summed E-state index contributed by atoms with van der Waals surface area (Å²) in [5, 5.41) is 8.03. The van der Waals surface area contributed by atoms with Crippen molar-refractivity contribution in [2.75, 3.05) is 31.1 Å². The molecular formula is C30H42N6O3. The van der Waals surface area contributed by atoms with E-state index in [-0.39, 0.29) is 23.7 Å². The molecule has 2 aliphatic heterocycles. The summed E-state index contributed by atoms with van der Waals surface area (Å²) in [6.45, 7) is 13.0. The highest BCUT2D eigenvalue weighted by molar-refractivity contribution is 5.76. The van der Waals surface area contributed by atoms with E-state index in [1.807, 2.05) is 37.7 Å². The Morgan fingerprint density at radius 1 is 1.21 bits per heavy atom. The van der Waals surface area contributed by atoms with E-state index in [1.54, 1.807) is 0 Å². The van der Waals surface area contributed by atoms with Crippen LogP contribution in [0.2, 0.25) is 0 Å². The predicted molar refractivity (Wildman–Crippen MR) is 152 cm³/mol. The fourth-order valence-corrected chi connectivity index (χ4v) is 5.43. The molecule has 2 fully saturated rings. The fourth-order valence-electron chi connectivity index (χ4n) is 5.43. The third kappa shape index (κ3) is 6.35. The zero-order valence-corrected chi connectivity index (χ0v) is 23.9. The second-order valence-electron chi connectivity index (χ2n) is 12.3. The van der Waals surface area contributed by atoms with Gasteiger partial charge in [0, 0.05) is 32.2 Å². The van der Waals surface area contributed by atoms with E-state index in [2.05, 4.69) is 48.3 Å². The van der Waals surface area contributed by atoms with Crippen LogP contribution in [0.5, 0.6) is 0 Å². The highest BCUT2D eigenvalue weighted by atomic mass is 16.6. The van der Waals surface area contributed by atoms with E-state index in [0.29, 0.717) is 6.54 Å². The highest BCUT2D eigenvalue weighted by Gasteiger charge is 2.33. The Morgan fingerprint density at radius 2 is 1.95 bits per heavy atom. The van der Waals surface area contributed by atoms with Crippen LogP contribution in [0.25, 0.3) is 11.2 Å². The summed E-state index contributed by atoms with van der Waals surface area (Å²) in [5.74, 6) is 0.951. The maximum atomic E-state index is 12.2. The lowest BCUT2D eigenvalue weighted by molar-refractivity contribution is -0.0372. The molecule has 210 valence electrons. The van der Waals surface area contributed by atoms with Gasteiger partial charge >= 0.3 is 6.09 Å². The molecule has 0 spiro atoms. The number of hydrogen-bond acceptors (Lipinski definition) is 7. The lowest BCUT2D eigenvalue weighted by Crippen LogP contribution is -2.46. The molecule has 4 heterocycles. The molecule has 2 saturated heterocycles. The second-order valence-corrected chi connectivity index (χ2v) is 12.3. The molecule has 5 rings (SSSR count). The lowest BCUT2D eigenvalue weighted by atomic mass is 9.80. The Balaban J connectivity index is 1.35. The molecule has 0 aliphatic carbocycles. The van der Waals surface area contributed by atoms with Gasteiger partial charge in [0.1, 0.15) is 16.9 Å². The lowest BCUT2D eigenvalue weighted by Gasteiger charge is -2.40. The molecule has 1 amide bonds. The van der Waals surface area contributed by atoms with Gasteiger partial charge in [-0.25, -0.2) is 19.4 Å². The van der Waals surface area contributed by atoms with Crippen molar-refractivity contribution < 1.29 is 14.3 Å². The first-order valence-corrected chi connectivity index (χ1v) is 14.3. The van der Waals surface area contributed by atoms with Crippen LogP contribution in [0.4, 0.5) is 10.6 Å². The monoisotopic (exact) mass is 534 g/mol. The number of nitrogens with one attached hydrogen (secondary N) is 1. The number of ether oxygens (including phenoxy) is 2. The molecule has 2 aliphatic rings. The second kappa shape index (κ2) is 11.1. The Morgan fingerprint density at radius 3 is 2.62 bits per heavy atom. The molecule has 9 heteroatoms. The fraction of sp³-hybridized carbons (Fsp3) is 0.600. The first-order valence-electron chi connectivity index (χ1n) is 14.3. The van der Waals surface area contributed by atoms with Gasteiger partial charge in [0.05, 0.1) is 11.9 Å². The van der Waals surface area contributed by atoms with Crippen LogP contribution in [0.1, 0.15) is 90.1 Å². The van der Waals surface area contributed by atoms with Gasteiger partial charge in [-0.15, -0.1) is 0 Å². The first kappa shape index (κ1) is 27.4. The maximum Gasteiger partial charge on any atom is 0.407 e. The summed E-state index contributed by atoms with van der Waals surface area (Å²) in [7, 11) is 0. The number of aromatic nitrogens is 4. The molecule has 1 N–H and O–H groups in total. The van der Waals surface area contributed by atoms with Crippen LogP contribution in [-0.2, 0) is 9.47 Å². The van der Waals surface area contributed by atoms with Gasteiger partial charge in [-0.05, 0) is 63.9 Å². The van der Waals surface area contributed by atoms with Crippen molar-refractivity contribution in [2.45, 2.75) is 84.5 Å². The molecular weight excluding hydrogens is 492 g/mol. The van der Waals surface area contributed by atoms with Gasteiger partial charge in [0.25, 0.3) is 0 Å². The van der Waals surface area contributed by atoms with Gasteiger partial charge < -0.3 is 19.7 Å². The van der Waals surface area contributed by atoms with Crippen LogP contribution in [0.3, 0.4) is 0 Å².